The van der Waals surface area contributed by atoms with E-state index in [-0.39, 0.29) is 0 Å². The average Bonchev–Trinajstić information content (AvgIpc) is 3.09. The summed E-state index contributed by atoms with van der Waals surface area (Å²) in [7, 11) is 0. The molecule has 2 atom stereocenters. The van der Waals surface area contributed by atoms with Gasteiger partial charge in [-0.05, 0) is 62.6 Å². The topological polar surface area (TPSA) is 20.3 Å². The van der Waals surface area contributed by atoms with E-state index < -0.39 is 5.41 Å². The molecule has 2 rings (SSSR count). The van der Waals surface area contributed by atoms with Crippen LogP contribution in [-0.2, 0) is 10.2 Å². The molecule has 2 heteroatoms. The van der Waals surface area contributed by atoms with E-state index in [1.54, 1.807) is 0 Å². The lowest BCUT2D eigenvalue weighted by Crippen LogP contribution is -2.43. The number of amides is 1. The molecular weight excluding hydrogens is 450 g/mol. The number of rotatable bonds is 21. The highest BCUT2D eigenvalue weighted by molar-refractivity contribution is 6.08. The Balaban J connectivity index is 2.32. The molecule has 0 bridgehead atoms. The van der Waals surface area contributed by atoms with Crippen LogP contribution in [0.15, 0.2) is 18.2 Å². The summed E-state index contributed by atoms with van der Waals surface area (Å²) in [5, 5.41) is 0. The van der Waals surface area contributed by atoms with Gasteiger partial charge in [0, 0.05) is 11.7 Å². The molecule has 1 aromatic carbocycles. The number of hydrogen-bond acceptors (Lipinski definition) is 1. The highest BCUT2D eigenvalue weighted by atomic mass is 16.2. The summed E-state index contributed by atoms with van der Waals surface area (Å²) >= 11 is 0. The first-order valence-corrected chi connectivity index (χ1v) is 16.4. The third kappa shape index (κ3) is 9.14. The average molecular weight is 512 g/mol. The van der Waals surface area contributed by atoms with Crippen LogP contribution in [0.2, 0.25) is 0 Å². The lowest BCUT2D eigenvalue weighted by Gasteiger charge is -2.30. The minimum atomic E-state index is -0.427. The highest BCUT2D eigenvalue weighted by Gasteiger charge is 2.47. The van der Waals surface area contributed by atoms with Crippen molar-refractivity contribution in [3.05, 3.63) is 29.3 Å². The maximum Gasteiger partial charge on any atom is 0.237 e. The van der Waals surface area contributed by atoms with Gasteiger partial charge in [0.25, 0.3) is 0 Å². The zero-order valence-electron chi connectivity index (χ0n) is 25.7. The molecule has 1 aliphatic rings. The zero-order valence-corrected chi connectivity index (χ0v) is 25.7. The molecule has 0 radical (unpaired) electrons. The summed E-state index contributed by atoms with van der Waals surface area (Å²) in [5.74, 6) is 0.925. The normalized spacial score (nSPS) is 16.3. The second-order valence-corrected chi connectivity index (χ2v) is 12.4. The van der Waals surface area contributed by atoms with Crippen molar-refractivity contribution in [2.24, 2.45) is 0 Å². The number of benzene rings is 1. The van der Waals surface area contributed by atoms with Crippen LogP contribution in [-0.4, -0.2) is 11.9 Å². The lowest BCUT2D eigenvalue weighted by molar-refractivity contribution is -0.122. The van der Waals surface area contributed by atoms with Crippen molar-refractivity contribution in [3.63, 3.8) is 0 Å². The molecule has 0 aromatic heterocycles. The van der Waals surface area contributed by atoms with Crippen LogP contribution in [0, 0.1) is 0 Å². The molecule has 1 amide bonds. The van der Waals surface area contributed by atoms with Gasteiger partial charge in [-0.1, -0.05) is 136 Å². The molecule has 2 unspecified atom stereocenters. The second kappa shape index (κ2) is 17.3. The van der Waals surface area contributed by atoms with E-state index in [0.29, 0.717) is 17.9 Å². The van der Waals surface area contributed by atoms with Crippen molar-refractivity contribution < 1.29 is 4.79 Å². The minimum absolute atomic E-state index is 0.340. The van der Waals surface area contributed by atoms with Crippen LogP contribution in [0.5, 0.6) is 0 Å². The minimum Gasteiger partial charge on any atom is -0.308 e. The Morgan fingerprint density at radius 3 is 1.70 bits per heavy atom. The number of fused-ring (bicyclic) bond motifs is 1. The SMILES string of the molecule is CCCCCCCC(CCCCCC)c1cccc2c1C(C)(C)C(=O)N2C(CCC)CCCCCCC. The molecule has 0 saturated heterocycles. The number of carbonyl (C=O) groups is 1. The molecule has 1 heterocycles. The standard InChI is InChI=1S/C35H61NO/c1-7-11-14-17-20-25-29(24-19-16-13-9-3)31-27-22-28-32-33(31)35(5,6)34(37)36(32)30(23-10-4)26-21-18-15-12-8-2/h22,27-30H,7-21,23-26H2,1-6H3. The molecule has 212 valence electrons. The molecule has 0 spiro atoms. The van der Waals surface area contributed by atoms with E-state index in [1.807, 2.05) is 0 Å². The van der Waals surface area contributed by atoms with Gasteiger partial charge < -0.3 is 4.90 Å². The van der Waals surface area contributed by atoms with E-state index in [2.05, 4.69) is 64.6 Å². The third-order valence-corrected chi connectivity index (χ3v) is 8.84. The molecule has 1 aliphatic heterocycles. The van der Waals surface area contributed by atoms with Gasteiger partial charge in [-0.2, -0.15) is 0 Å². The molecule has 2 nitrogen and oxygen atoms in total. The van der Waals surface area contributed by atoms with Crippen LogP contribution in [0.4, 0.5) is 5.69 Å². The molecule has 0 fully saturated rings. The fraction of sp³-hybridized carbons (Fsp3) is 0.800. The fourth-order valence-electron chi connectivity index (χ4n) is 6.65. The number of nitrogens with zero attached hydrogens (tertiary/aromatic N) is 1. The van der Waals surface area contributed by atoms with Gasteiger partial charge in [-0.25, -0.2) is 0 Å². The Labute approximate surface area is 231 Å². The highest BCUT2D eigenvalue weighted by Crippen LogP contribution is 2.48. The monoisotopic (exact) mass is 511 g/mol. The van der Waals surface area contributed by atoms with Gasteiger partial charge in [0.1, 0.15) is 0 Å². The Hall–Kier alpha value is -1.31. The van der Waals surface area contributed by atoms with Crippen molar-refractivity contribution in [1.29, 1.82) is 0 Å². The van der Waals surface area contributed by atoms with E-state index in [9.17, 15) is 4.79 Å². The van der Waals surface area contributed by atoms with Crippen molar-refractivity contribution in [2.75, 3.05) is 4.90 Å². The number of unbranched alkanes of at least 4 members (excludes halogenated alkanes) is 11. The summed E-state index contributed by atoms with van der Waals surface area (Å²) in [6.07, 6.45) is 24.4. The Bertz CT molecular complexity index is 767. The molecule has 0 aliphatic carbocycles. The molecule has 1 aromatic rings. The summed E-state index contributed by atoms with van der Waals surface area (Å²) < 4.78 is 0. The largest absolute Gasteiger partial charge is 0.308 e. The van der Waals surface area contributed by atoms with Gasteiger partial charge in [0.05, 0.1) is 5.41 Å². The van der Waals surface area contributed by atoms with Crippen molar-refractivity contribution >= 4 is 11.6 Å². The number of anilines is 1. The van der Waals surface area contributed by atoms with E-state index in [0.717, 1.165) is 19.3 Å². The van der Waals surface area contributed by atoms with Gasteiger partial charge in [0.2, 0.25) is 5.91 Å². The summed E-state index contributed by atoms with van der Waals surface area (Å²) in [4.78, 5) is 16.3. The van der Waals surface area contributed by atoms with Gasteiger partial charge in [-0.15, -0.1) is 0 Å². The molecular formula is C35H61NO. The lowest BCUT2D eigenvalue weighted by atomic mass is 9.77. The van der Waals surface area contributed by atoms with Crippen LogP contribution in [0.25, 0.3) is 0 Å². The first kappa shape index (κ1) is 31.9. The summed E-state index contributed by atoms with van der Waals surface area (Å²) in [6, 6.07) is 7.25. The van der Waals surface area contributed by atoms with Crippen LogP contribution in [0.3, 0.4) is 0 Å². The Morgan fingerprint density at radius 2 is 1.16 bits per heavy atom. The molecule has 0 saturated carbocycles. The number of carbonyl (C=O) groups excluding carboxylic acids is 1. The van der Waals surface area contributed by atoms with Gasteiger partial charge >= 0.3 is 0 Å². The maximum atomic E-state index is 14.1. The van der Waals surface area contributed by atoms with Gasteiger partial charge in [-0.3, -0.25) is 4.79 Å². The maximum absolute atomic E-state index is 14.1. The van der Waals surface area contributed by atoms with Crippen molar-refractivity contribution in [1.82, 2.24) is 0 Å². The van der Waals surface area contributed by atoms with Gasteiger partial charge in [0.15, 0.2) is 0 Å². The quantitative estimate of drug-likeness (QED) is 0.150. The van der Waals surface area contributed by atoms with Crippen LogP contribution < -0.4 is 4.90 Å². The Morgan fingerprint density at radius 1 is 0.649 bits per heavy atom. The predicted molar refractivity (Wildman–Crippen MR) is 164 cm³/mol. The van der Waals surface area contributed by atoms with Crippen molar-refractivity contribution in [2.45, 2.75) is 181 Å². The number of hydrogen-bond donors (Lipinski definition) is 0. The summed E-state index contributed by atoms with van der Waals surface area (Å²) in [6.45, 7) is 13.6. The summed E-state index contributed by atoms with van der Waals surface area (Å²) in [5.41, 5.74) is 3.66. The predicted octanol–water partition coefficient (Wildman–Crippen LogP) is 11.3. The van der Waals surface area contributed by atoms with Crippen molar-refractivity contribution in [3.8, 4) is 0 Å². The smallest absolute Gasteiger partial charge is 0.237 e. The molecule has 0 N–H and O–H groups in total. The first-order chi connectivity index (χ1) is 17.9. The third-order valence-electron chi connectivity index (χ3n) is 8.84. The fourth-order valence-corrected chi connectivity index (χ4v) is 6.65. The van der Waals surface area contributed by atoms with Crippen LogP contribution in [0.1, 0.15) is 181 Å². The first-order valence-electron chi connectivity index (χ1n) is 16.4. The van der Waals surface area contributed by atoms with Crippen LogP contribution >= 0.6 is 0 Å². The van der Waals surface area contributed by atoms with E-state index >= 15 is 0 Å². The second-order valence-electron chi connectivity index (χ2n) is 12.4. The molecule has 37 heavy (non-hydrogen) atoms. The van der Waals surface area contributed by atoms with E-state index in [4.69, 9.17) is 0 Å². The Kier molecular flexibility index (Phi) is 14.9. The van der Waals surface area contributed by atoms with E-state index in [1.165, 1.54) is 120 Å². The zero-order chi connectivity index (χ0) is 27.1.